The van der Waals surface area contributed by atoms with E-state index >= 15 is 0 Å². The van der Waals surface area contributed by atoms with Gasteiger partial charge in [-0.3, -0.25) is 4.98 Å². The molecule has 1 heterocycles. The minimum absolute atomic E-state index is 0.00569. The second-order valence-corrected chi connectivity index (χ2v) is 6.56. The fraction of sp³-hybridized carbons (Fsp3) is 0.200. The van der Waals surface area contributed by atoms with E-state index in [-0.39, 0.29) is 10.6 Å². The number of nitrogens with one attached hydrogen (secondary N) is 1. The molecule has 6 heteroatoms. The van der Waals surface area contributed by atoms with Crippen molar-refractivity contribution in [1.29, 1.82) is 5.26 Å². The fourth-order valence-corrected chi connectivity index (χ4v) is 2.98. The highest BCUT2D eigenvalue weighted by Crippen LogP contribution is 2.11. The summed E-state index contributed by atoms with van der Waals surface area (Å²) in [4.78, 5) is 4.38. The van der Waals surface area contributed by atoms with Crippen LogP contribution < -0.4 is 5.32 Å². The third kappa shape index (κ3) is 4.38. The van der Waals surface area contributed by atoms with E-state index in [1.165, 1.54) is 24.3 Å². The molecule has 1 aromatic heterocycles. The SMILES string of the molecule is N#Cc1ccc(S(=O)(=O)CCNCc2ccccn2)cc1. The van der Waals surface area contributed by atoms with Gasteiger partial charge in [0.25, 0.3) is 0 Å². The van der Waals surface area contributed by atoms with Crippen LogP contribution in [0.2, 0.25) is 0 Å². The van der Waals surface area contributed by atoms with Crippen molar-refractivity contribution in [1.82, 2.24) is 10.3 Å². The molecule has 5 nitrogen and oxygen atoms in total. The lowest BCUT2D eigenvalue weighted by molar-refractivity contribution is 0.590. The summed E-state index contributed by atoms with van der Waals surface area (Å²) in [6, 6.07) is 13.5. The van der Waals surface area contributed by atoms with Crippen LogP contribution in [-0.2, 0) is 16.4 Å². The number of nitrogens with zero attached hydrogens (tertiary/aromatic N) is 2. The number of rotatable bonds is 6. The van der Waals surface area contributed by atoms with E-state index in [0.29, 0.717) is 18.7 Å². The number of sulfone groups is 1. The Hall–Kier alpha value is -2.23. The molecule has 2 rings (SSSR count). The maximum absolute atomic E-state index is 12.1. The van der Waals surface area contributed by atoms with Gasteiger partial charge in [0.1, 0.15) is 0 Å². The second kappa shape index (κ2) is 6.97. The van der Waals surface area contributed by atoms with Crippen LogP contribution in [0.15, 0.2) is 53.6 Å². The largest absolute Gasteiger partial charge is 0.310 e. The van der Waals surface area contributed by atoms with Crippen LogP contribution >= 0.6 is 0 Å². The van der Waals surface area contributed by atoms with E-state index in [0.717, 1.165) is 5.69 Å². The van der Waals surface area contributed by atoms with E-state index in [2.05, 4.69) is 10.3 Å². The lowest BCUT2D eigenvalue weighted by Gasteiger charge is -2.06. The van der Waals surface area contributed by atoms with Crippen LogP contribution in [0.1, 0.15) is 11.3 Å². The van der Waals surface area contributed by atoms with Crippen LogP contribution in [0.3, 0.4) is 0 Å². The molecule has 0 aliphatic rings. The second-order valence-electron chi connectivity index (χ2n) is 4.45. The molecular formula is C15H15N3O2S. The highest BCUT2D eigenvalue weighted by atomic mass is 32.2. The first kappa shape index (κ1) is 15.2. The maximum Gasteiger partial charge on any atom is 0.179 e. The Bertz CT molecular complexity index is 720. The number of pyridine rings is 1. The van der Waals surface area contributed by atoms with Crippen molar-refractivity contribution in [3.8, 4) is 6.07 Å². The van der Waals surface area contributed by atoms with E-state index in [1.54, 1.807) is 6.20 Å². The van der Waals surface area contributed by atoms with Crippen LogP contribution in [0, 0.1) is 11.3 Å². The summed E-state index contributed by atoms with van der Waals surface area (Å²) < 4.78 is 24.2. The Kier molecular flexibility index (Phi) is 5.04. The minimum atomic E-state index is -3.33. The molecule has 0 fully saturated rings. The van der Waals surface area contributed by atoms with E-state index < -0.39 is 9.84 Å². The van der Waals surface area contributed by atoms with Gasteiger partial charge in [-0.2, -0.15) is 5.26 Å². The Morgan fingerprint density at radius 3 is 2.52 bits per heavy atom. The molecule has 0 bridgehead atoms. The van der Waals surface area contributed by atoms with Gasteiger partial charge in [0.2, 0.25) is 0 Å². The van der Waals surface area contributed by atoms with Gasteiger partial charge in [-0.05, 0) is 36.4 Å². The molecule has 2 aromatic rings. The Morgan fingerprint density at radius 2 is 1.90 bits per heavy atom. The first-order valence-corrected chi connectivity index (χ1v) is 8.10. The van der Waals surface area contributed by atoms with Crippen LogP contribution in [-0.4, -0.2) is 25.7 Å². The summed E-state index contributed by atoms with van der Waals surface area (Å²) in [6.07, 6.45) is 1.70. The highest BCUT2D eigenvalue weighted by Gasteiger charge is 2.13. The van der Waals surface area contributed by atoms with Gasteiger partial charge in [-0.25, -0.2) is 8.42 Å². The van der Waals surface area contributed by atoms with E-state index in [9.17, 15) is 8.42 Å². The van der Waals surface area contributed by atoms with E-state index in [1.807, 2.05) is 24.3 Å². The van der Waals surface area contributed by atoms with Crippen molar-refractivity contribution in [3.63, 3.8) is 0 Å². The van der Waals surface area contributed by atoms with Crippen LogP contribution in [0.4, 0.5) is 0 Å². The Morgan fingerprint density at radius 1 is 1.14 bits per heavy atom. The molecular weight excluding hydrogens is 286 g/mol. The summed E-state index contributed by atoms with van der Waals surface area (Å²) in [5.74, 6) is 0.00569. The first-order chi connectivity index (χ1) is 10.1. The van der Waals surface area contributed by atoms with Gasteiger partial charge in [0, 0.05) is 19.3 Å². The molecule has 0 spiro atoms. The van der Waals surface area contributed by atoms with E-state index in [4.69, 9.17) is 5.26 Å². The number of nitriles is 1. The molecule has 0 aliphatic heterocycles. The molecule has 21 heavy (non-hydrogen) atoms. The van der Waals surface area contributed by atoms with Gasteiger partial charge in [-0.1, -0.05) is 6.07 Å². The zero-order chi connectivity index (χ0) is 15.1. The normalized spacial score (nSPS) is 11.0. The molecule has 1 aromatic carbocycles. The lowest BCUT2D eigenvalue weighted by atomic mass is 10.2. The van der Waals surface area contributed by atoms with Crippen molar-refractivity contribution < 1.29 is 8.42 Å². The molecule has 108 valence electrons. The number of hydrogen-bond acceptors (Lipinski definition) is 5. The van der Waals surface area contributed by atoms with Crippen molar-refractivity contribution in [3.05, 3.63) is 59.9 Å². The van der Waals surface area contributed by atoms with Crippen molar-refractivity contribution in [2.75, 3.05) is 12.3 Å². The third-order valence-corrected chi connectivity index (χ3v) is 4.65. The third-order valence-electron chi connectivity index (χ3n) is 2.92. The summed E-state index contributed by atoms with van der Waals surface area (Å²) in [6.45, 7) is 0.878. The maximum atomic E-state index is 12.1. The molecule has 0 radical (unpaired) electrons. The smallest absolute Gasteiger partial charge is 0.179 e. The van der Waals surface area contributed by atoms with Gasteiger partial charge >= 0.3 is 0 Å². The van der Waals surface area contributed by atoms with Gasteiger partial charge in [0.15, 0.2) is 9.84 Å². The zero-order valence-corrected chi connectivity index (χ0v) is 12.2. The first-order valence-electron chi connectivity index (χ1n) is 6.45. The number of aromatic nitrogens is 1. The quantitative estimate of drug-likeness (QED) is 0.818. The predicted octanol–water partition coefficient (Wildman–Crippen LogP) is 1.52. The molecule has 0 aliphatic carbocycles. The Balaban J connectivity index is 1.88. The van der Waals surface area contributed by atoms with Crippen molar-refractivity contribution in [2.24, 2.45) is 0 Å². The minimum Gasteiger partial charge on any atom is -0.310 e. The molecule has 0 amide bonds. The standard InChI is InChI=1S/C15H15N3O2S/c16-11-13-4-6-15(7-5-13)21(19,20)10-9-17-12-14-3-1-2-8-18-14/h1-8,17H,9-10,12H2. The Labute approximate surface area is 124 Å². The summed E-state index contributed by atoms with van der Waals surface area (Å²) >= 11 is 0. The summed E-state index contributed by atoms with van der Waals surface area (Å²) in [5.41, 5.74) is 1.32. The molecule has 0 saturated heterocycles. The van der Waals surface area contributed by atoms with Crippen LogP contribution in [0.25, 0.3) is 0 Å². The van der Waals surface area contributed by atoms with Crippen LogP contribution in [0.5, 0.6) is 0 Å². The average molecular weight is 301 g/mol. The lowest BCUT2D eigenvalue weighted by Crippen LogP contribution is -2.23. The number of hydrogen-bond donors (Lipinski definition) is 1. The summed E-state index contributed by atoms with van der Waals surface area (Å²) in [5, 5.41) is 11.8. The highest BCUT2D eigenvalue weighted by molar-refractivity contribution is 7.91. The molecule has 0 saturated carbocycles. The average Bonchev–Trinajstić information content (AvgIpc) is 2.53. The molecule has 0 atom stereocenters. The predicted molar refractivity (Wildman–Crippen MR) is 79.2 cm³/mol. The van der Waals surface area contributed by atoms with Crippen molar-refractivity contribution in [2.45, 2.75) is 11.4 Å². The molecule has 0 unspecified atom stereocenters. The van der Waals surface area contributed by atoms with Gasteiger partial charge < -0.3 is 5.32 Å². The van der Waals surface area contributed by atoms with Gasteiger partial charge in [-0.15, -0.1) is 0 Å². The summed E-state index contributed by atoms with van der Waals surface area (Å²) in [7, 11) is -3.33. The number of benzene rings is 1. The zero-order valence-electron chi connectivity index (χ0n) is 11.4. The molecule has 1 N–H and O–H groups in total. The monoisotopic (exact) mass is 301 g/mol. The fourth-order valence-electron chi connectivity index (χ4n) is 1.78. The topological polar surface area (TPSA) is 82.8 Å². The van der Waals surface area contributed by atoms with Gasteiger partial charge in [0.05, 0.1) is 28.0 Å². The van der Waals surface area contributed by atoms with Crippen molar-refractivity contribution >= 4 is 9.84 Å².